The van der Waals surface area contributed by atoms with Crippen molar-refractivity contribution in [2.45, 2.75) is 39.3 Å². The number of nitrogens with zero attached hydrogens (tertiary/aromatic N) is 4. The molecule has 2 amide bonds. The molecule has 1 rings (SSSR count). The highest BCUT2D eigenvalue weighted by atomic mass is 35.5. The van der Waals surface area contributed by atoms with Crippen molar-refractivity contribution in [1.82, 2.24) is 9.96 Å². The van der Waals surface area contributed by atoms with Crippen LogP contribution in [0, 0.1) is 0 Å². The molecule has 0 bridgehead atoms. The molecular weight excluding hydrogens is 284 g/mol. The molecule has 1 atom stereocenters. The minimum atomic E-state index is -0.505. The van der Waals surface area contributed by atoms with Crippen LogP contribution in [0.1, 0.15) is 33.1 Å². The molecule has 1 heterocycles. The zero-order chi connectivity index (χ0) is 14.8. The molecule has 0 aromatic carbocycles. The molecule has 0 aromatic rings. The van der Waals surface area contributed by atoms with Gasteiger partial charge in [0, 0.05) is 19.4 Å². The largest absolute Gasteiger partial charge is 0.287 e. The number of carbonyl (C=O) groups is 2. The van der Waals surface area contributed by atoms with Gasteiger partial charge in [0.25, 0.3) is 11.8 Å². The second kappa shape index (κ2) is 11.5. The fourth-order valence-corrected chi connectivity index (χ4v) is 1.31. The van der Waals surface area contributed by atoms with E-state index in [2.05, 4.69) is 27.8 Å². The second-order valence-corrected chi connectivity index (χ2v) is 4.16. The van der Waals surface area contributed by atoms with Crippen molar-refractivity contribution < 1.29 is 14.8 Å². The fraction of sp³-hybridized carbons (Fsp3) is 0.750. The normalized spacial score (nSPS) is 15.0. The summed E-state index contributed by atoms with van der Waals surface area (Å²) in [5, 5.41) is 8.57. The van der Waals surface area contributed by atoms with Crippen molar-refractivity contribution in [1.29, 1.82) is 0 Å². The number of rotatable bonds is 4. The smallest absolute Gasteiger partial charge is 0.253 e. The van der Waals surface area contributed by atoms with Gasteiger partial charge in [-0.1, -0.05) is 6.92 Å². The van der Waals surface area contributed by atoms with Crippen molar-refractivity contribution in [3.8, 4) is 0 Å². The zero-order valence-corrected chi connectivity index (χ0v) is 13.2. The van der Waals surface area contributed by atoms with Crippen LogP contribution in [0.25, 0.3) is 0 Å². The highest BCUT2D eigenvalue weighted by molar-refractivity contribution is 6.00. The molecule has 7 nitrogen and oxygen atoms in total. The number of hydrogen-bond acceptors (Lipinski definition) is 6. The van der Waals surface area contributed by atoms with E-state index < -0.39 is 11.8 Å². The molecule has 1 unspecified atom stereocenters. The number of amides is 2. The van der Waals surface area contributed by atoms with Crippen LogP contribution in [0.15, 0.2) is 9.98 Å². The van der Waals surface area contributed by atoms with E-state index in [1.165, 1.54) is 0 Å². The Kier molecular flexibility index (Phi) is 12.1. The van der Waals surface area contributed by atoms with Crippen LogP contribution in [0.2, 0.25) is 0 Å². The maximum Gasteiger partial charge on any atom is 0.253 e. The van der Waals surface area contributed by atoms with E-state index in [0.717, 1.165) is 13.0 Å². The van der Waals surface area contributed by atoms with E-state index in [9.17, 15) is 9.59 Å². The van der Waals surface area contributed by atoms with Gasteiger partial charge in [-0.15, -0.1) is 12.4 Å². The first-order chi connectivity index (χ1) is 8.93. The van der Waals surface area contributed by atoms with Gasteiger partial charge >= 0.3 is 0 Å². The summed E-state index contributed by atoms with van der Waals surface area (Å²) in [6, 6.07) is 2.68. The number of hydroxylamine groups is 2. The number of carbonyl (C=O) groups excluding carboxylic acids is 2. The Morgan fingerprint density at radius 3 is 2.05 bits per heavy atom. The van der Waals surface area contributed by atoms with Gasteiger partial charge in [0.2, 0.25) is 0 Å². The van der Waals surface area contributed by atoms with Crippen molar-refractivity contribution in [2.75, 3.05) is 20.6 Å². The highest BCUT2D eigenvalue weighted by Gasteiger charge is 2.26. The van der Waals surface area contributed by atoms with Gasteiger partial charge in [-0.2, -0.15) is 5.06 Å². The lowest BCUT2D eigenvalue weighted by Crippen LogP contribution is -2.24. The van der Waals surface area contributed by atoms with Crippen molar-refractivity contribution >= 4 is 30.2 Å². The standard InChI is InChI=1S/C8H17N3.C4H5NO3.ClH/c1-5-8(11(3)4)10-7-9-6-2;6-3-1-2-4(7)5(3)8;/h8H,5-6H2,1-4H3;8H,1-2H2;1H. The summed E-state index contributed by atoms with van der Waals surface area (Å²) in [6.45, 7) is 4.83. The average Bonchev–Trinajstić information content (AvgIpc) is 2.66. The third-order valence-corrected chi connectivity index (χ3v) is 2.42. The molecule has 0 saturated carbocycles. The molecule has 8 heteroatoms. The van der Waals surface area contributed by atoms with E-state index in [1.54, 1.807) is 0 Å². The fourth-order valence-electron chi connectivity index (χ4n) is 1.31. The number of halogens is 1. The van der Waals surface area contributed by atoms with Crippen molar-refractivity contribution in [3.05, 3.63) is 0 Å². The molecule has 20 heavy (non-hydrogen) atoms. The van der Waals surface area contributed by atoms with Gasteiger partial charge in [0.05, 0.1) is 6.01 Å². The predicted molar refractivity (Wildman–Crippen MR) is 78.3 cm³/mol. The first kappa shape index (κ1) is 21.0. The molecule has 1 aliphatic heterocycles. The lowest BCUT2D eigenvalue weighted by molar-refractivity contribution is -0.171. The number of hydrogen-bond donors (Lipinski definition) is 1. The van der Waals surface area contributed by atoms with Gasteiger partial charge in [-0.05, 0) is 27.4 Å². The highest BCUT2D eigenvalue weighted by Crippen LogP contribution is 2.07. The van der Waals surface area contributed by atoms with Gasteiger partial charge in [-0.25, -0.2) is 9.98 Å². The quantitative estimate of drug-likeness (QED) is 0.483. The Hall–Kier alpha value is -1.27. The zero-order valence-electron chi connectivity index (χ0n) is 12.4. The molecule has 1 aliphatic rings. The van der Waals surface area contributed by atoms with Crippen LogP contribution in [0.4, 0.5) is 0 Å². The van der Waals surface area contributed by atoms with E-state index in [-0.39, 0.29) is 36.5 Å². The first-order valence-electron chi connectivity index (χ1n) is 6.26. The molecule has 116 valence electrons. The topological polar surface area (TPSA) is 85.6 Å². The van der Waals surface area contributed by atoms with Crippen LogP contribution in [0.5, 0.6) is 0 Å². The van der Waals surface area contributed by atoms with Crippen molar-refractivity contribution in [2.24, 2.45) is 9.98 Å². The summed E-state index contributed by atoms with van der Waals surface area (Å²) in [7, 11) is 4.01. The van der Waals surface area contributed by atoms with Crippen molar-refractivity contribution in [3.63, 3.8) is 0 Å². The predicted octanol–water partition coefficient (Wildman–Crippen LogP) is 1.42. The Morgan fingerprint density at radius 2 is 1.80 bits per heavy atom. The SMILES string of the molecule is CCN=C=NC(CC)N(C)C.Cl.O=C1CCC(=O)N1O. The minimum Gasteiger partial charge on any atom is -0.287 e. The summed E-state index contributed by atoms with van der Waals surface area (Å²) in [4.78, 5) is 30.6. The monoisotopic (exact) mass is 306 g/mol. The van der Waals surface area contributed by atoms with E-state index in [1.807, 2.05) is 21.0 Å². The molecule has 1 saturated heterocycles. The molecule has 1 N–H and O–H groups in total. The van der Waals surface area contributed by atoms with Gasteiger partial charge in [-0.3, -0.25) is 19.7 Å². The summed E-state index contributed by atoms with van der Waals surface area (Å²) >= 11 is 0. The lowest BCUT2D eigenvalue weighted by atomic mass is 10.4. The van der Waals surface area contributed by atoms with E-state index in [4.69, 9.17) is 5.21 Å². The van der Waals surface area contributed by atoms with Crippen LogP contribution >= 0.6 is 12.4 Å². The van der Waals surface area contributed by atoms with E-state index in [0.29, 0.717) is 0 Å². The van der Waals surface area contributed by atoms with Crippen LogP contribution < -0.4 is 0 Å². The third kappa shape index (κ3) is 8.01. The number of imide groups is 1. The second-order valence-electron chi connectivity index (χ2n) is 4.16. The van der Waals surface area contributed by atoms with Crippen LogP contribution in [-0.4, -0.2) is 59.8 Å². The maximum atomic E-state index is 10.2. The molecule has 1 fully saturated rings. The molecule has 0 aliphatic carbocycles. The average molecular weight is 307 g/mol. The number of aliphatic imine (C=N–C) groups is 2. The summed E-state index contributed by atoms with van der Waals surface area (Å²) in [6.07, 6.45) is 1.52. The Labute approximate surface area is 125 Å². The molecule has 0 spiro atoms. The first-order valence-corrected chi connectivity index (χ1v) is 6.26. The Bertz CT molecular complexity index is 352. The Balaban J connectivity index is 0. The van der Waals surface area contributed by atoms with Crippen LogP contribution in [-0.2, 0) is 9.59 Å². The van der Waals surface area contributed by atoms with Gasteiger partial charge in [0.15, 0.2) is 0 Å². The Morgan fingerprint density at radius 1 is 1.30 bits per heavy atom. The lowest BCUT2D eigenvalue weighted by Gasteiger charge is -2.15. The minimum absolute atomic E-state index is 0. The van der Waals surface area contributed by atoms with Gasteiger partial charge < -0.3 is 0 Å². The van der Waals surface area contributed by atoms with Gasteiger partial charge in [0.1, 0.15) is 6.17 Å². The molecule has 0 radical (unpaired) electrons. The van der Waals surface area contributed by atoms with E-state index >= 15 is 0 Å². The summed E-state index contributed by atoms with van der Waals surface area (Å²) in [5.41, 5.74) is 0. The summed E-state index contributed by atoms with van der Waals surface area (Å²) < 4.78 is 0. The van der Waals surface area contributed by atoms with Crippen LogP contribution in [0.3, 0.4) is 0 Å². The molecule has 0 aromatic heterocycles. The molecular formula is C12H23ClN4O3. The summed E-state index contributed by atoms with van der Waals surface area (Å²) in [5.74, 6) is -1.01. The third-order valence-electron chi connectivity index (χ3n) is 2.42. The maximum absolute atomic E-state index is 10.2.